The maximum atomic E-state index is 13.3. The Hall–Kier alpha value is -2.18. The molecule has 7 heteroatoms. The van der Waals surface area contributed by atoms with Crippen molar-refractivity contribution < 1.29 is 18.3 Å². The van der Waals surface area contributed by atoms with E-state index in [1.54, 1.807) is 11.9 Å². The minimum absolute atomic E-state index is 0.240. The summed E-state index contributed by atoms with van der Waals surface area (Å²) < 4.78 is 31.3. The van der Waals surface area contributed by atoms with Gasteiger partial charge in [-0.05, 0) is 23.6 Å². The number of nitrogens with one attached hydrogen (secondary N) is 1. The number of rotatable bonds is 3. The van der Waals surface area contributed by atoms with Gasteiger partial charge in [0.1, 0.15) is 0 Å². The van der Waals surface area contributed by atoms with E-state index in [-0.39, 0.29) is 12.0 Å². The number of amides is 1. The Morgan fingerprint density at radius 3 is 2.82 bits per heavy atom. The normalized spacial score (nSPS) is 17.6. The zero-order valence-electron chi connectivity index (χ0n) is 12.8. The monoisotopic (exact) mass is 311 g/mol. The van der Waals surface area contributed by atoms with Gasteiger partial charge >= 0.3 is 6.09 Å². The predicted molar refractivity (Wildman–Crippen MR) is 78.5 cm³/mol. The van der Waals surface area contributed by atoms with Crippen molar-refractivity contribution in [3.05, 3.63) is 35.4 Å². The molecule has 1 amide bonds. The third kappa shape index (κ3) is 3.72. The summed E-state index contributed by atoms with van der Waals surface area (Å²) in [4.78, 5) is 17.5. The van der Waals surface area contributed by atoms with E-state index in [0.29, 0.717) is 24.7 Å². The first-order valence-corrected chi connectivity index (χ1v) is 7.04. The van der Waals surface area contributed by atoms with E-state index >= 15 is 0 Å². The Morgan fingerprint density at radius 2 is 2.18 bits per heavy atom. The molecule has 1 aliphatic rings. The molecular formula is C15H19F2N3O2. The molecule has 5 nitrogen and oxygen atoms in total. The Balaban J connectivity index is 1.98. The average Bonchev–Trinajstić information content (AvgIpc) is 2.81. The topological polar surface area (TPSA) is 53.9 Å². The van der Waals surface area contributed by atoms with Crippen LogP contribution in [0.15, 0.2) is 23.2 Å². The average molecular weight is 311 g/mol. The number of aliphatic imine (C=N–C) groups is 1. The lowest BCUT2D eigenvalue weighted by molar-refractivity contribution is 0.137. The molecular weight excluding hydrogens is 292 g/mol. The zero-order chi connectivity index (χ0) is 16.3. The van der Waals surface area contributed by atoms with Crippen molar-refractivity contribution in [1.29, 1.82) is 0 Å². The van der Waals surface area contributed by atoms with Crippen LogP contribution in [0.2, 0.25) is 0 Å². The number of carbonyl (C=O) groups is 1. The van der Waals surface area contributed by atoms with Crippen LogP contribution in [0.25, 0.3) is 0 Å². The molecule has 120 valence electrons. The van der Waals surface area contributed by atoms with Gasteiger partial charge in [-0.2, -0.15) is 0 Å². The van der Waals surface area contributed by atoms with Crippen LogP contribution in [0.5, 0.6) is 0 Å². The predicted octanol–water partition coefficient (Wildman–Crippen LogP) is 2.69. The van der Waals surface area contributed by atoms with Gasteiger partial charge in [0.15, 0.2) is 11.6 Å². The fourth-order valence-corrected chi connectivity index (χ4v) is 2.10. The number of hydrogen-bond acceptors (Lipinski definition) is 4. The molecule has 0 saturated carbocycles. The summed E-state index contributed by atoms with van der Waals surface area (Å²) in [5.74, 6) is -1.20. The van der Waals surface area contributed by atoms with Crippen LogP contribution >= 0.6 is 0 Å². The number of benzene rings is 1. The van der Waals surface area contributed by atoms with Crippen molar-refractivity contribution >= 4 is 12.1 Å². The van der Waals surface area contributed by atoms with Crippen molar-refractivity contribution in [3.8, 4) is 0 Å². The molecule has 22 heavy (non-hydrogen) atoms. The van der Waals surface area contributed by atoms with Gasteiger partial charge in [-0.3, -0.25) is 10.3 Å². The van der Waals surface area contributed by atoms with E-state index in [1.807, 2.05) is 13.8 Å². The van der Waals surface area contributed by atoms with E-state index in [1.165, 1.54) is 6.07 Å². The highest BCUT2D eigenvalue weighted by atomic mass is 19.2. The van der Waals surface area contributed by atoms with Gasteiger partial charge in [-0.25, -0.2) is 13.6 Å². The summed E-state index contributed by atoms with van der Waals surface area (Å²) in [5, 5.41) is 2.56. The van der Waals surface area contributed by atoms with Crippen molar-refractivity contribution in [3.63, 3.8) is 0 Å². The van der Waals surface area contributed by atoms with Gasteiger partial charge in [0, 0.05) is 7.05 Å². The molecule has 1 N–H and O–H groups in total. The van der Waals surface area contributed by atoms with Gasteiger partial charge in [-0.15, -0.1) is 0 Å². The molecule has 0 fully saturated rings. The summed E-state index contributed by atoms with van der Waals surface area (Å²) in [6.45, 7) is 4.54. The molecule has 1 aromatic carbocycles. The summed E-state index contributed by atoms with van der Waals surface area (Å²) in [6.07, 6.45) is -0.578. The molecule has 0 aliphatic carbocycles. The Morgan fingerprint density at radius 1 is 1.45 bits per heavy atom. The second-order valence-corrected chi connectivity index (χ2v) is 5.58. The quantitative estimate of drug-likeness (QED) is 0.934. The van der Waals surface area contributed by atoms with Crippen LogP contribution in [-0.2, 0) is 4.74 Å². The second kappa shape index (κ2) is 6.72. The Bertz CT molecular complexity index is 590. The minimum Gasteiger partial charge on any atom is -0.449 e. The Kier molecular flexibility index (Phi) is 4.95. The van der Waals surface area contributed by atoms with Crippen molar-refractivity contribution in [2.45, 2.75) is 19.9 Å². The number of likely N-dealkylation sites (N-methyl/N-ethyl adjacent to an activating group) is 1. The van der Waals surface area contributed by atoms with Crippen molar-refractivity contribution in [1.82, 2.24) is 10.2 Å². The maximum absolute atomic E-state index is 13.3. The van der Waals surface area contributed by atoms with Crippen LogP contribution in [0.3, 0.4) is 0 Å². The molecule has 1 atom stereocenters. The highest BCUT2D eigenvalue weighted by molar-refractivity contribution is 5.94. The summed E-state index contributed by atoms with van der Waals surface area (Å²) in [7, 11) is 1.72. The summed E-state index contributed by atoms with van der Waals surface area (Å²) in [6, 6.07) is 3.48. The first-order valence-electron chi connectivity index (χ1n) is 7.04. The second-order valence-electron chi connectivity index (χ2n) is 5.58. The van der Waals surface area contributed by atoms with E-state index in [4.69, 9.17) is 4.74 Å². The third-order valence-electron chi connectivity index (χ3n) is 3.31. The number of hydrogen-bond donors (Lipinski definition) is 1. The first kappa shape index (κ1) is 16.2. The highest BCUT2D eigenvalue weighted by Gasteiger charge is 2.28. The molecule has 1 aromatic rings. The largest absolute Gasteiger partial charge is 0.449 e. The molecule has 1 unspecified atom stereocenters. The Labute approximate surface area is 128 Å². The van der Waals surface area contributed by atoms with Gasteiger partial charge < -0.3 is 9.64 Å². The molecule has 1 aliphatic heterocycles. The number of guanidine groups is 1. The van der Waals surface area contributed by atoms with E-state index < -0.39 is 17.7 Å². The van der Waals surface area contributed by atoms with Crippen LogP contribution < -0.4 is 5.32 Å². The smallest absolute Gasteiger partial charge is 0.413 e. The van der Waals surface area contributed by atoms with Gasteiger partial charge in [0.25, 0.3) is 0 Å². The molecule has 2 rings (SSSR count). The molecule has 0 radical (unpaired) electrons. The number of halogens is 2. The molecule has 0 saturated heterocycles. The fourth-order valence-electron chi connectivity index (χ4n) is 2.10. The standard InChI is InChI=1S/C15H19F2N3O2/c1-9(2)8-22-15(21)19-14-18-7-13(20(14)3)10-4-5-11(16)12(17)6-10/h4-6,9,13H,7-8H2,1-3H3,(H,18,19,21). The number of carbonyl (C=O) groups excluding carboxylic acids is 1. The first-order chi connectivity index (χ1) is 10.4. The number of ether oxygens (including phenoxy) is 1. The van der Waals surface area contributed by atoms with Crippen LogP contribution in [0, 0.1) is 17.6 Å². The van der Waals surface area contributed by atoms with Gasteiger partial charge in [0.2, 0.25) is 5.96 Å². The lowest BCUT2D eigenvalue weighted by atomic mass is 10.1. The lowest BCUT2D eigenvalue weighted by Crippen LogP contribution is -2.41. The highest BCUT2D eigenvalue weighted by Crippen LogP contribution is 2.25. The van der Waals surface area contributed by atoms with E-state index in [9.17, 15) is 13.6 Å². The minimum atomic E-state index is -0.899. The summed E-state index contributed by atoms with van der Waals surface area (Å²) >= 11 is 0. The van der Waals surface area contributed by atoms with E-state index in [2.05, 4.69) is 10.3 Å². The lowest BCUT2D eigenvalue weighted by Gasteiger charge is -2.23. The fraction of sp³-hybridized carbons (Fsp3) is 0.467. The van der Waals surface area contributed by atoms with Crippen molar-refractivity contribution in [2.24, 2.45) is 10.9 Å². The van der Waals surface area contributed by atoms with Crippen LogP contribution in [-0.4, -0.2) is 37.2 Å². The summed E-state index contributed by atoms with van der Waals surface area (Å²) in [5.41, 5.74) is 0.595. The third-order valence-corrected chi connectivity index (χ3v) is 3.31. The van der Waals surface area contributed by atoms with Gasteiger partial charge in [-0.1, -0.05) is 19.9 Å². The zero-order valence-corrected chi connectivity index (χ0v) is 12.8. The maximum Gasteiger partial charge on any atom is 0.413 e. The van der Waals surface area contributed by atoms with E-state index in [0.717, 1.165) is 12.1 Å². The van der Waals surface area contributed by atoms with Crippen molar-refractivity contribution in [2.75, 3.05) is 20.2 Å². The SMILES string of the molecule is CC(C)COC(=O)NC1=NCC(c2ccc(F)c(F)c2)N1C. The molecule has 0 aromatic heterocycles. The van der Waals surface area contributed by atoms with Gasteiger partial charge in [0.05, 0.1) is 19.2 Å². The molecule has 0 spiro atoms. The van der Waals surface area contributed by atoms with Crippen LogP contribution in [0.4, 0.5) is 13.6 Å². The molecule has 0 bridgehead atoms. The van der Waals surface area contributed by atoms with Crippen LogP contribution in [0.1, 0.15) is 25.5 Å². The number of alkyl carbamates (subject to hydrolysis) is 1. The molecule has 1 heterocycles. The number of nitrogens with zero attached hydrogens (tertiary/aromatic N) is 2.